The first-order valence-electron chi connectivity index (χ1n) is 9.34. The first kappa shape index (κ1) is 22.3. The number of nitrogens with zero attached hydrogens (tertiary/aromatic N) is 2. The van der Waals surface area contributed by atoms with Crippen LogP contribution in [0.15, 0.2) is 70.7 Å². The lowest BCUT2D eigenvalue weighted by atomic mass is 10.1. The zero-order valence-corrected chi connectivity index (χ0v) is 18.2. The first-order valence-corrected chi connectivity index (χ1v) is 10.8. The summed E-state index contributed by atoms with van der Waals surface area (Å²) >= 11 is 0. The number of hydrazone groups is 1. The van der Waals surface area contributed by atoms with Crippen molar-refractivity contribution in [2.75, 3.05) is 27.8 Å². The maximum Gasteiger partial charge on any atom is 0.255 e. The Bertz CT molecular complexity index is 1220. The van der Waals surface area contributed by atoms with Crippen molar-refractivity contribution < 1.29 is 22.7 Å². The molecule has 3 aromatic rings. The first-order chi connectivity index (χ1) is 14.8. The number of amides is 1. The number of carbonyl (C=O) groups excluding carboxylic acids is 1. The van der Waals surface area contributed by atoms with Gasteiger partial charge in [-0.15, -0.1) is 0 Å². The fourth-order valence-electron chi connectivity index (χ4n) is 2.93. The number of methoxy groups -OCH3 is 2. The second kappa shape index (κ2) is 9.59. The molecule has 0 aliphatic heterocycles. The number of ether oxygens (including phenoxy) is 2. The normalized spacial score (nSPS) is 11.7. The number of likely N-dealkylation sites (N-methyl/N-ethyl adjacent to an activating group) is 1. The summed E-state index contributed by atoms with van der Waals surface area (Å²) in [5, 5.41) is 5.63. The van der Waals surface area contributed by atoms with E-state index in [-0.39, 0.29) is 11.4 Å². The number of sulfonamides is 1. The van der Waals surface area contributed by atoms with E-state index in [2.05, 4.69) is 10.5 Å². The maximum atomic E-state index is 12.8. The minimum absolute atomic E-state index is 0.118. The average molecular weight is 442 g/mol. The monoisotopic (exact) mass is 441 g/mol. The third-order valence-electron chi connectivity index (χ3n) is 4.63. The number of fused-ring (bicyclic) bond motifs is 1. The van der Waals surface area contributed by atoms with E-state index in [0.29, 0.717) is 17.1 Å². The lowest BCUT2D eigenvalue weighted by Crippen LogP contribution is -2.36. The van der Waals surface area contributed by atoms with Crippen molar-refractivity contribution in [1.29, 1.82) is 0 Å². The molecule has 0 atom stereocenters. The predicted molar refractivity (Wildman–Crippen MR) is 119 cm³/mol. The van der Waals surface area contributed by atoms with E-state index in [0.717, 1.165) is 15.1 Å². The Morgan fingerprint density at radius 3 is 2.48 bits per heavy atom. The number of carbonyl (C=O) groups is 1. The van der Waals surface area contributed by atoms with E-state index in [1.807, 2.05) is 24.3 Å². The van der Waals surface area contributed by atoms with Crippen LogP contribution in [0.5, 0.6) is 11.5 Å². The zero-order valence-electron chi connectivity index (χ0n) is 17.4. The Balaban J connectivity index is 1.66. The molecule has 0 spiro atoms. The van der Waals surface area contributed by atoms with E-state index >= 15 is 0 Å². The van der Waals surface area contributed by atoms with Crippen molar-refractivity contribution in [2.45, 2.75) is 4.90 Å². The summed E-state index contributed by atoms with van der Waals surface area (Å²) < 4.78 is 37.0. The van der Waals surface area contributed by atoms with Crippen LogP contribution in [-0.4, -0.2) is 52.7 Å². The Labute approximate surface area is 181 Å². The summed E-state index contributed by atoms with van der Waals surface area (Å²) in [6.45, 7) is -0.383. The zero-order chi connectivity index (χ0) is 22.4. The van der Waals surface area contributed by atoms with Gasteiger partial charge in [-0.05, 0) is 35.0 Å². The molecule has 162 valence electrons. The summed E-state index contributed by atoms with van der Waals surface area (Å²) in [4.78, 5) is 12.3. The van der Waals surface area contributed by atoms with Crippen molar-refractivity contribution in [1.82, 2.24) is 9.73 Å². The van der Waals surface area contributed by atoms with Crippen LogP contribution in [0, 0.1) is 0 Å². The third-order valence-corrected chi connectivity index (χ3v) is 6.43. The van der Waals surface area contributed by atoms with Crippen LogP contribution >= 0.6 is 0 Å². The fraction of sp³-hybridized carbons (Fsp3) is 0.182. The van der Waals surface area contributed by atoms with Gasteiger partial charge in [-0.3, -0.25) is 4.79 Å². The molecule has 0 fully saturated rings. The minimum Gasteiger partial charge on any atom is -0.497 e. The molecule has 0 heterocycles. The molecule has 0 saturated carbocycles. The van der Waals surface area contributed by atoms with Gasteiger partial charge < -0.3 is 9.47 Å². The van der Waals surface area contributed by atoms with E-state index in [4.69, 9.17) is 9.47 Å². The van der Waals surface area contributed by atoms with Gasteiger partial charge in [-0.1, -0.05) is 30.3 Å². The molecule has 0 unspecified atom stereocenters. The van der Waals surface area contributed by atoms with Gasteiger partial charge in [0.05, 0.1) is 31.9 Å². The number of rotatable bonds is 8. The summed E-state index contributed by atoms with van der Waals surface area (Å²) in [5.74, 6) is 0.572. The van der Waals surface area contributed by atoms with Gasteiger partial charge in [0.2, 0.25) is 10.0 Å². The van der Waals surface area contributed by atoms with Crippen molar-refractivity contribution in [3.63, 3.8) is 0 Å². The molecule has 3 aromatic carbocycles. The minimum atomic E-state index is -3.83. The summed E-state index contributed by atoms with van der Waals surface area (Å²) in [5.41, 5.74) is 2.96. The van der Waals surface area contributed by atoms with Crippen molar-refractivity contribution >= 4 is 32.9 Å². The summed E-state index contributed by atoms with van der Waals surface area (Å²) in [6, 6.07) is 17.5. The molecule has 1 N–H and O–H groups in total. The summed E-state index contributed by atoms with van der Waals surface area (Å²) in [6.07, 6.45) is 1.41. The van der Waals surface area contributed by atoms with Crippen LogP contribution in [0.4, 0.5) is 0 Å². The quantitative estimate of drug-likeness (QED) is 0.428. The fourth-order valence-corrected chi connectivity index (χ4v) is 4.09. The van der Waals surface area contributed by atoms with Crippen molar-refractivity contribution in [3.8, 4) is 11.5 Å². The number of hydrogen-bond donors (Lipinski definition) is 1. The number of nitrogens with one attached hydrogen (secondary N) is 1. The molecule has 1 amide bonds. The Hall–Kier alpha value is -3.43. The standard InChI is InChI=1S/C22H23N3O5S/c1-25(31(27,28)20-11-9-16-6-4-5-7-17(16)12-20)15-22(26)24-23-14-18-8-10-19(29-2)13-21(18)30-3/h4-14H,15H2,1-3H3,(H,24,26)/b23-14+. The molecule has 0 bridgehead atoms. The lowest BCUT2D eigenvalue weighted by molar-refractivity contribution is -0.121. The van der Waals surface area contributed by atoms with E-state index < -0.39 is 15.9 Å². The van der Waals surface area contributed by atoms with E-state index in [9.17, 15) is 13.2 Å². The highest BCUT2D eigenvalue weighted by atomic mass is 32.2. The van der Waals surface area contributed by atoms with Gasteiger partial charge in [-0.2, -0.15) is 9.41 Å². The Morgan fingerprint density at radius 1 is 1.03 bits per heavy atom. The van der Waals surface area contributed by atoms with Gasteiger partial charge in [0.1, 0.15) is 11.5 Å². The SMILES string of the molecule is COc1ccc(/C=N/NC(=O)CN(C)S(=O)(=O)c2ccc3ccccc3c2)c(OC)c1. The van der Waals surface area contributed by atoms with Crippen LogP contribution in [0.25, 0.3) is 10.8 Å². The second-order valence-electron chi connectivity index (χ2n) is 6.67. The third kappa shape index (κ3) is 5.19. The molecule has 9 heteroatoms. The summed E-state index contributed by atoms with van der Waals surface area (Å²) in [7, 11) is 0.571. The lowest BCUT2D eigenvalue weighted by Gasteiger charge is -2.16. The van der Waals surface area contributed by atoms with E-state index in [1.54, 1.807) is 37.4 Å². The van der Waals surface area contributed by atoms with Gasteiger partial charge in [0, 0.05) is 18.7 Å². The highest BCUT2D eigenvalue weighted by molar-refractivity contribution is 7.89. The van der Waals surface area contributed by atoms with Crippen LogP contribution in [0.2, 0.25) is 0 Å². The van der Waals surface area contributed by atoms with Crippen LogP contribution in [0.1, 0.15) is 5.56 Å². The molecular weight excluding hydrogens is 418 g/mol. The number of benzene rings is 3. The van der Waals surface area contributed by atoms with Crippen LogP contribution in [-0.2, 0) is 14.8 Å². The van der Waals surface area contributed by atoms with Crippen LogP contribution in [0.3, 0.4) is 0 Å². The maximum absolute atomic E-state index is 12.8. The largest absolute Gasteiger partial charge is 0.497 e. The van der Waals surface area contributed by atoms with Crippen molar-refractivity contribution in [2.24, 2.45) is 5.10 Å². The second-order valence-corrected chi connectivity index (χ2v) is 8.72. The molecule has 0 radical (unpaired) electrons. The molecule has 0 saturated heterocycles. The van der Waals surface area contributed by atoms with Gasteiger partial charge in [0.25, 0.3) is 5.91 Å². The van der Waals surface area contributed by atoms with E-state index in [1.165, 1.54) is 26.4 Å². The highest BCUT2D eigenvalue weighted by Crippen LogP contribution is 2.23. The smallest absolute Gasteiger partial charge is 0.255 e. The highest BCUT2D eigenvalue weighted by Gasteiger charge is 2.23. The molecule has 8 nitrogen and oxygen atoms in total. The molecule has 0 aliphatic rings. The Morgan fingerprint density at radius 2 is 1.77 bits per heavy atom. The molecular formula is C22H23N3O5S. The molecule has 0 aromatic heterocycles. The topological polar surface area (TPSA) is 97.3 Å². The van der Waals surface area contributed by atoms with Gasteiger partial charge in [0.15, 0.2) is 0 Å². The molecule has 0 aliphatic carbocycles. The van der Waals surface area contributed by atoms with Crippen molar-refractivity contribution in [3.05, 3.63) is 66.2 Å². The molecule has 31 heavy (non-hydrogen) atoms. The average Bonchev–Trinajstić information content (AvgIpc) is 2.78. The van der Waals surface area contributed by atoms with Crippen LogP contribution < -0.4 is 14.9 Å². The van der Waals surface area contributed by atoms with Gasteiger partial charge >= 0.3 is 0 Å². The predicted octanol–water partition coefficient (Wildman–Crippen LogP) is 2.63. The molecule has 3 rings (SSSR count). The number of hydrogen-bond acceptors (Lipinski definition) is 6. The Kier molecular flexibility index (Phi) is 6.88. The van der Waals surface area contributed by atoms with Gasteiger partial charge in [-0.25, -0.2) is 13.8 Å².